The van der Waals surface area contributed by atoms with E-state index in [1.165, 1.54) is 27.7 Å². The van der Waals surface area contributed by atoms with E-state index in [1.807, 2.05) is 165 Å². The van der Waals surface area contributed by atoms with Gasteiger partial charge in [0.1, 0.15) is 70.2 Å². The molecule has 21 nitrogen and oxygen atoms in total. The van der Waals surface area contributed by atoms with Crippen LogP contribution in [0.25, 0.3) is 0 Å². The molecule has 0 fully saturated rings. The molecule has 6 amide bonds. The van der Waals surface area contributed by atoms with Gasteiger partial charge in [0, 0.05) is 45.6 Å². The zero-order valence-corrected chi connectivity index (χ0v) is 56.6. The van der Waals surface area contributed by atoms with Gasteiger partial charge in [-0.1, -0.05) is 128 Å². The first-order valence-electron chi connectivity index (χ1n) is 32.5. The van der Waals surface area contributed by atoms with Gasteiger partial charge >= 0.3 is 5.97 Å². The molecule has 514 valence electrons. The summed E-state index contributed by atoms with van der Waals surface area (Å²) in [6, 6.07) is 50.6. The van der Waals surface area contributed by atoms with E-state index < -0.39 is 82.8 Å². The van der Waals surface area contributed by atoms with Crippen molar-refractivity contribution in [3.8, 4) is 28.7 Å². The third-order valence-electron chi connectivity index (χ3n) is 16.2. The van der Waals surface area contributed by atoms with E-state index in [0.717, 1.165) is 39.8 Å². The molecule has 0 heterocycles. The highest BCUT2D eigenvalue weighted by molar-refractivity contribution is 5.96. The predicted molar refractivity (Wildman–Crippen MR) is 367 cm³/mol. The average Bonchev–Trinajstić information content (AvgIpc) is 0.765. The van der Waals surface area contributed by atoms with Crippen molar-refractivity contribution in [3.05, 3.63) is 221 Å². The SMILES string of the molecule is CCCOCCNC(=O)C(C)NC(=O)C(C)NC(=O)C(Cc1ccc(OC(=O)CCCOC(c2ccccc2)(c2ccc(OC)cc2)c2ccc(OC)cc2)cc1)NC(=O)C(C)NC(=O)C(C)NC(=O)CCCOC(c1ccccc1)(c1ccc(OC)cc1)c1ccc(OC)cc1. The Labute approximate surface area is 568 Å². The number of ether oxygens (including phenoxy) is 8. The van der Waals surface area contributed by atoms with Crippen molar-refractivity contribution < 1.29 is 71.5 Å². The van der Waals surface area contributed by atoms with E-state index in [1.54, 1.807) is 52.7 Å². The van der Waals surface area contributed by atoms with Gasteiger partial charge in [0.05, 0.1) is 35.0 Å². The molecule has 5 unspecified atom stereocenters. The van der Waals surface area contributed by atoms with Gasteiger partial charge in [-0.3, -0.25) is 33.6 Å². The maximum atomic E-state index is 14.2. The number of benzene rings is 7. The highest BCUT2D eigenvalue weighted by Crippen LogP contribution is 2.43. The third kappa shape index (κ3) is 20.7. The Morgan fingerprint density at radius 1 is 0.381 bits per heavy atom. The van der Waals surface area contributed by atoms with Gasteiger partial charge in [-0.15, -0.1) is 0 Å². The Balaban J connectivity index is 0.977. The van der Waals surface area contributed by atoms with Crippen molar-refractivity contribution in [2.24, 2.45) is 0 Å². The molecule has 97 heavy (non-hydrogen) atoms. The highest BCUT2D eigenvalue weighted by atomic mass is 16.5. The lowest BCUT2D eigenvalue weighted by atomic mass is 9.80. The van der Waals surface area contributed by atoms with Crippen molar-refractivity contribution in [1.82, 2.24) is 31.9 Å². The molecule has 0 bridgehead atoms. The number of hydrogen-bond acceptors (Lipinski definition) is 15. The number of carbonyl (C=O) groups excluding carboxylic acids is 7. The second kappa shape index (κ2) is 37.3. The molecule has 5 atom stereocenters. The van der Waals surface area contributed by atoms with Crippen LogP contribution in [0.15, 0.2) is 182 Å². The summed E-state index contributed by atoms with van der Waals surface area (Å²) in [5.74, 6) is -1.35. The van der Waals surface area contributed by atoms with Crippen LogP contribution >= 0.6 is 0 Å². The number of hydrogen-bond donors (Lipinski definition) is 6. The molecule has 21 heteroatoms. The summed E-state index contributed by atoms with van der Waals surface area (Å²) in [6.45, 7) is 9.18. The molecule has 0 saturated carbocycles. The summed E-state index contributed by atoms with van der Waals surface area (Å²) in [6.07, 6.45) is 1.26. The van der Waals surface area contributed by atoms with Gasteiger partial charge < -0.3 is 69.8 Å². The number of amides is 6. The third-order valence-corrected chi connectivity index (χ3v) is 16.2. The van der Waals surface area contributed by atoms with Gasteiger partial charge in [-0.2, -0.15) is 0 Å². The van der Waals surface area contributed by atoms with E-state index in [2.05, 4.69) is 31.9 Å². The second-order valence-electron chi connectivity index (χ2n) is 23.2. The lowest BCUT2D eigenvalue weighted by molar-refractivity contribution is -0.135. The quantitative estimate of drug-likeness (QED) is 0.00914. The molecule has 7 aromatic rings. The Morgan fingerprint density at radius 3 is 1.15 bits per heavy atom. The van der Waals surface area contributed by atoms with Crippen molar-refractivity contribution >= 4 is 41.4 Å². The summed E-state index contributed by atoms with van der Waals surface area (Å²) in [5, 5.41) is 16.0. The minimum absolute atomic E-state index is 0.0000617. The molecule has 0 radical (unpaired) electrons. The highest BCUT2D eigenvalue weighted by Gasteiger charge is 2.40. The normalized spacial score (nSPS) is 12.8. The van der Waals surface area contributed by atoms with Gasteiger partial charge in [0.15, 0.2) is 0 Å². The van der Waals surface area contributed by atoms with E-state index in [-0.39, 0.29) is 51.2 Å². The standard InChI is InChI=1S/C76H90N6O15/c1-10-46-94-49-45-77-70(85)51(2)79-72(87)53(4)81-74(89)67(50-55-25-35-66(36-26-55)97-69(84)24-18-48-96-76(57-21-15-12-16-22-57,60-31-41-64(92-8)42-32-60)61-33-43-65(93-9)44-34-61)82-73(88)54(5)80-71(86)52(3)78-68(83)23-17-47-95-75(56-19-13-11-14-20-56,58-27-37-62(90-6)38-28-58)59-29-39-63(91-7)40-30-59/h11-16,19-22,25-44,51-54,67H,10,17-18,23-24,45-50H2,1-9H3,(H,77,85)(H,78,83)(H,79,87)(H,80,86)(H,81,89)(H,82,88). The minimum atomic E-state index is -1.33. The molecule has 6 N–H and O–H groups in total. The Hall–Kier alpha value is -10.1. The number of carbonyl (C=O) groups is 7. The first-order valence-corrected chi connectivity index (χ1v) is 32.5. The number of methoxy groups -OCH3 is 4. The summed E-state index contributed by atoms with van der Waals surface area (Å²) in [4.78, 5) is 95.0. The van der Waals surface area contributed by atoms with Crippen LogP contribution in [0.1, 0.15) is 106 Å². The van der Waals surface area contributed by atoms with Crippen LogP contribution in [-0.2, 0) is 65.4 Å². The fraction of sp³-hybridized carbons (Fsp3) is 0.355. The van der Waals surface area contributed by atoms with Gasteiger partial charge in [-0.25, -0.2) is 0 Å². The molecule has 0 aliphatic carbocycles. The smallest absolute Gasteiger partial charge is 0.311 e. The summed E-state index contributed by atoms with van der Waals surface area (Å²) < 4.78 is 46.9. The van der Waals surface area contributed by atoms with E-state index in [0.29, 0.717) is 48.2 Å². The molecule has 0 saturated heterocycles. The summed E-state index contributed by atoms with van der Waals surface area (Å²) in [7, 11) is 6.40. The summed E-state index contributed by atoms with van der Waals surface area (Å²) >= 11 is 0. The van der Waals surface area contributed by atoms with Crippen LogP contribution in [0.5, 0.6) is 28.7 Å². The monoisotopic (exact) mass is 1330 g/mol. The molecular formula is C76H90N6O15. The molecule has 7 rings (SSSR count). The first-order chi connectivity index (χ1) is 46.9. The second-order valence-corrected chi connectivity index (χ2v) is 23.2. The predicted octanol–water partition coefficient (Wildman–Crippen LogP) is 8.79. The fourth-order valence-electron chi connectivity index (χ4n) is 10.9. The lowest BCUT2D eigenvalue weighted by Crippen LogP contribution is -2.58. The lowest BCUT2D eigenvalue weighted by Gasteiger charge is -2.36. The number of nitrogens with one attached hydrogen (secondary N) is 6. The molecule has 0 aliphatic rings. The maximum absolute atomic E-state index is 14.2. The molecule has 0 aromatic heterocycles. The van der Waals surface area contributed by atoms with Gasteiger partial charge in [0.2, 0.25) is 35.4 Å². The largest absolute Gasteiger partial charge is 0.497 e. The van der Waals surface area contributed by atoms with E-state index in [4.69, 9.17) is 37.9 Å². The molecular weight excluding hydrogens is 1240 g/mol. The van der Waals surface area contributed by atoms with Gasteiger partial charge in [-0.05, 0) is 147 Å². The van der Waals surface area contributed by atoms with Crippen LogP contribution < -0.4 is 55.6 Å². The maximum Gasteiger partial charge on any atom is 0.311 e. The van der Waals surface area contributed by atoms with Crippen LogP contribution in [0.2, 0.25) is 0 Å². The van der Waals surface area contributed by atoms with Crippen LogP contribution in [-0.4, -0.2) is 133 Å². The average molecular weight is 1330 g/mol. The molecule has 0 spiro atoms. The molecule has 7 aromatic carbocycles. The topological polar surface area (TPSA) is 266 Å². The first kappa shape index (κ1) is 74.3. The Bertz CT molecular complexity index is 3540. The zero-order valence-electron chi connectivity index (χ0n) is 56.6. The van der Waals surface area contributed by atoms with Crippen LogP contribution in [0.3, 0.4) is 0 Å². The van der Waals surface area contributed by atoms with Crippen molar-refractivity contribution in [3.63, 3.8) is 0 Å². The van der Waals surface area contributed by atoms with Crippen LogP contribution in [0.4, 0.5) is 0 Å². The minimum Gasteiger partial charge on any atom is -0.497 e. The number of esters is 1. The van der Waals surface area contributed by atoms with E-state index >= 15 is 0 Å². The Morgan fingerprint density at radius 2 is 0.742 bits per heavy atom. The Kier molecular flexibility index (Phi) is 28.6. The van der Waals surface area contributed by atoms with Crippen molar-refractivity contribution in [2.45, 2.75) is 115 Å². The fourth-order valence-corrected chi connectivity index (χ4v) is 10.9. The van der Waals surface area contributed by atoms with E-state index in [9.17, 15) is 33.6 Å². The van der Waals surface area contributed by atoms with Crippen LogP contribution in [0, 0.1) is 0 Å². The summed E-state index contributed by atoms with van der Waals surface area (Å²) in [5.41, 5.74) is 3.38. The van der Waals surface area contributed by atoms with Gasteiger partial charge in [0.25, 0.3) is 0 Å². The van der Waals surface area contributed by atoms with Crippen molar-refractivity contribution in [1.29, 1.82) is 0 Å². The zero-order chi connectivity index (χ0) is 69.7. The molecule has 0 aliphatic heterocycles. The number of rotatable bonds is 38. The van der Waals surface area contributed by atoms with Crippen molar-refractivity contribution in [2.75, 3.05) is 61.4 Å².